The molecule has 4 nitrogen and oxygen atoms in total. The quantitative estimate of drug-likeness (QED) is 0.860. The smallest absolute Gasteiger partial charge is 0.256 e. The molecular weight excluding hydrogens is 272 g/mol. The van der Waals surface area contributed by atoms with Crippen molar-refractivity contribution in [1.29, 1.82) is 0 Å². The molecule has 1 amide bonds. The number of aromatic nitrogens is 1. The molecule has 5 heteroatoms. The Morgan fingerprint density at radius 3 is 2.70 bits per heavy atom. The zero-order chi connectivity index (χ0) is 14.4. The first kappa shape index (κ1) is 14.3. The lowest BCUT2D eigenvalue weighted by Gasteiger charge is -2.17. The van der Waals surface area contributed by atoms with Gasteiger partial charge in [-0.15, -0.1) is 0 Å². The van der Waals surface area contributed by atoms with E-state index >= 15 is 0 Å². The van der Waals surface area contributed by atoms with Crippen molar-refractivity contribution in [1.82, 2.24) is 9.88 Å². The average molecular weight is 288 g/mol. The number of hydrogen-bond donors (Lipinski definition) is 1. The summed E-state index contributed by atoms with van der Waals surface area (Å²) in [5.41, 5.74) is 0.504. The summed E-state index contributed by atoms with van der Waals surface area (Å²) < 4.78 is 6.02. The van der Waals surface area contributed by atoms with Gasteiger partial charge in [-0.25, -0.2) is 0 Å². The van der Waals surface area contributed by atoms with E-state index in [0.29, 0.717) is 23.4 Å². The third-order valence-electron chi connectivity index (χ3n) is 2.83. The molecule has 20 heavy (non-hydrogen) atoms. The van der Waals surface area contributed by atoms with Crippen LogP contribution in [0.15, 0.2) is 48.7 Å². The highest BCUT2D eigenvalue weighted by molar-refractivity contribution is 7.71. The Hall–Kier alpha value is -2.14. The number of carbonyl (C=O) groups is 1. The predicted molar refractivity (Wildman–Crippen MR) is 80.5 cm³/mol. The number of amides is 1. The lowest BCUT2D eigenvalue weighted by atomic mass is 10.2. The fourth-order valence-electron chi connectivity index (χ4n) is 1.71. The van der Waals surface area contributed by atoms with Gasteiger partial charge in [-0.1, -0.05) is 30.4 Å². The van der Waals surface area contributed by atoms with Crippen molar-refractivity contribution >= 4 is 18.1 Å². The Balaban J connectivity index is 1.89. The zero-order valence-corrected chi connectivity index (χ0v) is 12.0. The maximum atomic E-state index is 12.2. The molecule has 0 spiro atoms. The fraction of sp³-hybridized carbons (Fsp3) is 0.200. The van der Waals surface area contributed by atoms with Crippen molar-refractivity contribution in [2.24, 2.45) is 0 Å². The van der Waals surface area contributed by atoms with Gasteiger partial charge < -0.3 is 14.6 Å². The standard InChI is InChI=1S/C15H16N2O2S/c1-17(10-11-19-12-6-3-2-4-7-12)15(18)13-8-5-9-16-14(13)20/h2-9H,10-11H2,1H3,(H,16,20). The first-order chi connectivity index (χ1) is 9.68. The maximum Gasteiger partial charge on any atom is 0.256 e. The van der Waals surface area contributed by atoms with Crippen molar-refractivity contribution in [2.75, 3.05) is 20.2 Å². The molecule has 0 radical (unpaired) electrons. The van der Waals surface area contributed by atoms with Gasteiger partial charge in [-0.05, 0) is 24.3 Å². The second-order valence-electron chi connectivity index (χ2n) is 4.30. The summed E-state index contributed by atoms with van der Waals surface area (Å²) in [4.78, 5) is 16.6. The molecule has 104 valence electrons. The van der Waals surface area contributed by atoms with E-state index in [-0.39, 0.29) is 5.91 Å². The minimum atomic E-state index is -0.108. The number of carbonyl (C=O) groups excluding carboxylic acids is 1. The summed E-state index contributed by atoms with van der Waals surface area (Å²) >= 11 is 5.10. The molecule has 1 aromatic carbocycles. The fourth-order valence-corrected chi connectivity index (χ4v) is 1.94. The first-order valence-corrected chi connectivity index (χ1v) is 6.70. The van der Waals surface area contributed by atoms with Gasteiger partial charge in [0.1, 0.15) is 17.0 Å². The van der Waals surface area contributed by atoms with E-state index in [0.717, 1.165) is 5.75 Å². The van der Waals surface area contributed by atoms with Gasteiger partial charge in [0.25, 0.3) is 5.91 Å². The van der Waals surface area contributed by atoms with Crippen LogP contribution in [-0.4, -0.2) is 36.0 Å². The van der Waals surface area contributed by atoms with Crippen molar-refractivity contribution in [3.8, 4) is 5.75 Å². The SMILES string of the molecule is CN(CCOc1ccccc1)C(=O)c1ccc[nH]c1=S. The molecule has 0 bridgehead atoms. The largest absolute Gasteiger partial charge is 0.492 e. The number of pyridine rings is 1. The van der Waals surface area contributed by atoms with Crippen LogP contribution >= 0.6 is 12.2 Å². The van der Waals surface area contributed by atoms with Gasteiger partial charge in [-0.3, -0.25) is 4.79 Å². The maximum absolute atomic E-state index is 12.2. The van der Waals surface area contributed by atoms with Gasteiger partial charge in [-0.2, -0.15) is 0 Å². The third kappa shape index (κ3) is 3.68. The zero-order valence-electron chi connectivity index (χ0n) is 11.2. The molecule has 1 aromatic heterocycles. The lowest BCUT2D eigenvalue weighted by molar-refractivity contribution is 0.0773. The number of aromatic amines is 1. The van der Waals surface area contributed by atoms with Crippen molar-refractivity contribution < 1.29 is 9.53 Å². The number of likely N-dealkylation sites (N-methyl/N-ethyl adjacent to an activating group) is 1. The summed E-state index contributed by atoms with van der Waals surface area (Å²) in [6.07, 6.45) is 1.71. The average Bonchev–Trinajstić information content (AvgIpc) is 2.48. The van der Waals surface area contributed by atoms with Crippen molar-refractivity contribution in [2.45, 2.75) is 0 Å². The Bertz CT molecular complexity index is 625. The van der Waals surface area contributed by atoms with E-state index in [1.165, 1.54) is 0 Å². The van der Waals surface area contributed by atoms with Crippen LogP contribution in [0, 0.1) is 4.64 Å². The van der Waals surface area contributed by atoms with Crippen molar-refractivity contribution in [3.05, 3.63) is 58.9 Å². The van der Waals surface area contributed by atoms with Crippen LogP contribution in [0.4, 0.5) is 0 Å². The third-order valence-corrected chi connectivity index (χ3v) is 3.17. The molecule has 0 aliphatic carbocycles. The number of rotatable bonds is 5. The van der Waals surface area contributed by atoms with Crippen LogP contribution in [0.1, 0.15) is 10.4 Å². The first-order valence-electron chi connectivity index (χ1n) is 6.29. The van der Waals surface area contributed by atoms with E-state index in [9.17, 15) is 4.79 Å². The summed E-state index contributed by atoms with van der Waals surface area (Å²) in [6.45, 7) is 0.937. The molecule has 0 saturated heterocycles. The van der Waals surface area contributed by atoms with Gasteiger partial charge in [0.2, 0.25) is 0 Å². The minimum Gasteiger partial charge on any atom is -0.492 e. The Kier molecular flexibility index (Phi) is 4.90. The molecular formula is C15H16N2O2S. The van der Waals surface area contributed by atoms with E-state index < -0.39 is 0 Å². The van der Waals surface area contributed by atoms with Gasteiger partial charge in [0, 0.05) is 13.2 Å². The normalized spacial score (nSPS) is 10.1. The second kappa shape index (κ2) is 6.86. The molecule has 0 aliphatic heterocycles. The van der Waals surface area contributed by atoms with Crippen LogP contribution in [-0.2, 0) is 0 Å². The number of benzene rings is 1. The highest BCUT2D eigenvalue weighted by atomic mass is 32.1. The van der Waals surface area contributed by atoms with E-state index in [1.54, 1.807) is 30.3 Å². The molecule has 0 saturated carbocycles. The highest BCUT2D eigenvalue weighted by Crippen LogP contribution is 2.08. The van der Waals surface area contributed by atoms with Crippen molar-refractivity contribution in [3.63, 3.8) is 0 Å². The monoisotopic (exact) mass is 288 g/mol. The highest BCUT2D eigenvalue weighted by Gasteiger charge is 2.12. The van der Waals surface area contributed by atoms with Gasteiger partial charge in [0.15, 0.2) is 0 Å². The Morgan fingerprint density at radius 1 is 1.25 bits per heavy atom. The van der Waals surface area contributed by atoms with Crippen LogP contribution in [0.5, 0.6) is 5.75 Å². The molecule has 0 atom stereocenters. The van der Waals surface area contributed by atoms with E-state index in [4.69, 9.17) is 17.0 Å². The van der Waals surface area contributed by atoms with Crippen LogP contribution in [0.25, 0.3) is 0 Å². The summed E-state index contributed by atoms with van der Waals surface area (Å²) in [7, 11) is 1.73. The molecule has 0 unspecified atom stereocenters. The molecule has 0 fully saturated rings. The molecule has 0 aliphatic rings. The topological polar surface area (TPSA) is 45.3 Å². The minimum absolute atomic E-state index is 0.108. The number of hydrogen-bond acceptors (Lipinski definition) is 3. The van der Waals surface area contributed by atoms with E-state index in [2.05, 4.69) is 4.98 Å². The number of ether oxygens (including phenoxy) is 1. The predicted octanol–water partition coefficient (Wildman–Crippen LogP) is 2.90. The van der Waals surface area contributed by atoms with Crippen LogP contribution in [0.3, 0.4) is 0 Å². The summed E-state index contributed by atoms with van der Waals surface area (Å²) in [5.74, 6) is 0.689. The Labute approximate surface area is 123 Å². The molecule has 2 aromatic rings. The van der Waals surface area contributed by atoms with Gasteiger partial charge >= 0.3 is 0 Å². The van der Waals surface area contributed by atoms with Crippen LogP contribution in [0.2, 0.25) is 0 Å². The second-order valence-corrected chi connectivity index (χ2v) is 4.71. The van der Waals surface area contributed by atoms with Gasteiger partial charge in [0.05, 0.1) is 12.1 Å². The number of para-hydroxylation sites is 1. The number of H-pyrrole nitrogens is 1. The van der Waals surface area contributed by atoms with E-state index in [1.807, 2.05) is 30.3 Å². The number of nitrogens with zero attached hydrogens (tertiary/aromatic N) is 1. The molecule has 1 N–H and O–H groups in total. The Morgan fingerprint density at radius 2 is 2.00 bits per heavy atom. The summed E-state index contributed by atoms with van der Waals surface area (Å²) in [6, 6.07) is 13.0. The molecule has 1 heterocycles. The number of nitrogens with one attached hydrogen (secondary N) is 1. The molecule has 2 rings (SSSR count). The summed E-state index contributed by atoms with van der Waals surface area (Å²) in [5, 5.41) is 0. The lowest BCUT2D eigenvalue weighted by Crippen LogP contribution is -2.31. The van der Waals surface area contributed by atoms with Crippen LogP contribution < -0.4 is 4.74 Å².